The molecule has 10 nitrogen and oxygen atoms in total. The maximum absolute atomic E-state index is 12.6. The predicted octanol–water partition coefficient (Wildman–Crippen LogP) is 2.03. The number of aromatic nitrogens is 5. The maximum atomic E-state index is 12.6. The van der Waals surface area contributed by atoms with Crippen molar-refractivity contribution in [2.45, 2.75) is 30.6 Å². The van der Waals surface area contributed by atoms with Gasteiger partial charge < -0.3 is 19.7 Å². The molecule has 0 aliphatic carbocycles. The molecule has 164 valence electrons. The average Bonchev–Trinajstić information content (AvgIpc) is 3.55. The highest BCUT2D eigenvalue weighted by Gasteiger charge is 2.25. The maximum Gasteiger partial charge on any atom is 0.234 e. The molecule has 31 heavy (non-hydrogen) atoms. The molecule has 4 heterocycles. The highest BCUT2D eigenvalue weighted by Crippen LogP contribution is 2.26. The van der Waals surface area contributed by atoms with Crippen molar-refractivity contribution in [2.75, 3.05) is 48.9 Å². The number of benzene rings is 1. The van der Waals surface area contributed by atoms with Gasteiger partial charge in [0.25, 0.3) is 0 Å². The van der Waals surface area contributed by atoms with E-state index in [4.69, 9.17) is 9.47 Å². The minimum atomic E-state index is -0.120. The van der Waals surface area contributed by atoms with E-state index >= 15 is 0 Å². The van der Waals surface area contributed by atoms with Gasteiger partial charge in [0.2, 0.25) is 11.9 Å². The first-order chi connectivity index (χ1) is 15.3. The lowest BCUT2D eigenvalue weighted by molar-refractivity contribution is -0.113. The van der Waals surface area contributed by atoms with Crippen LogP contribution >= 0.6 is 23.5 Å². The number of carbonyl (C=O) groups is 1. The molecule has 0 spiro atoms. The van der Waals surface area contributed by atoms with Crippen LogP contribution in [0.3, 0.4) is 0 Å². The van der Waals surface area contributed by atoms with E-state index in [1.54, 1.807) is 0 Å². The first kappa shape index (κ1) is 20.6. The summed E-state index contributed by atoms with van der Waals surface area (Å²) in [5.41, 5.74) is 2.16. The molecule has 2 aliphatic rings. The molecule has 3 aromatic rings. The van der Waals surface area contributed by atoms with Gasteiger partial charge in [-0.25, -0.2) is 0 Å². The number of morpholine rings is 1. The number of nitrogens with one attached hydrogen (secondary N) is 1. The van der Waals surface area contributed by atoms with E-state index in [2.05, 4.69) is 33.7 Å². The van der Waals surface area contributed by atoms with Crippen LogP contribution < -0.4 is 10.2 Å². The number of amides is 1. The van der Waals surface area contributed by atoms with Crippen LogP contribution in [0.15, 0.2) is 23.4 Å². The van der Waals surface area contributed by atoms with E-state index in [1.807, 2.05) is 18.2 Å². The van der Waals surface area contributed by atoms with Gasteiger partial charge >= 0.3 is 0 Å². The molecule has 2 aliphatic heterocycles. The molecule has 0 radical (unpaired) electrons. The molecule has 1 aromatic carbocycles. The molecule has 1 unspecified atom stereocenters. The second-order valence-corrected chi connectivity index (χ2v) is 8.87. The Morgan fingerprint density at radius 1 is 1.23 bits per heavy atom. The minimum Gasteiger partial charge on any atom is -0.378 e. The van der Waals surface area contributed by atoms with Crippen molar-refractivity contribution in [3.8, 4) is 0 Å². The fourth-order valence-corrected chi connectivity index (χ4v) is 5.05. The Morgan fingerprint density at radius 3 is 2.97 bits per heavy atom. The van der Waals surface area contributed by atoms with Crippen LogP contribution in [-0.4, -0.2) is 74.2 Å². The van der Waals surface area contributed by atoms with E-state index in [-0.39, 0.29) is 17.8 Å². The number of carbonyl (C=O) groups excluding carboxylic acids is 1. The van der Waals surface area contributed by atoms with Crippen molar-refractivity contribution >= 4 is 52.1 Å². The largest absolute Gasteiger partial charge is 0.378 e. The summed E-state index contributed by atoms with van der Waals surface area (Å²) in [6.07, 6.45) is 2.25. The normalized spacial score (nSPS) is 19.2. The Hall–Kier alpha value is -2.28. The standard InChI is InChI=1S/C19H23N7O3S2/c27-16(20-14-4-1-5-15-17(14)24-31-23-15)12-30-19-22-21-18(25-6-9-28-10-7-25)26(19)11-13-3-2-8-29-13/h1,4-5,13H,2-3,6-12H2,(H,20,27). The fraction of sp³-hybridized carbons (Fsp3) is 0.526. The van der Waals surface area contributed by atoms with Gasteiger partial charge in [0, 0.05) is 19.7 Å². The van der Waals surface area contributed by atoms with Gasteiger partial charge in [0.05, 0.1) is 49.0 Å². The highest BCUT2D eigenvalue weighted by molar-refractivity contribution is 7.99. The SMILES string of the molecule is O=C(CSc1nnc(N2CCOCC2)n1CC1CCCO1)Nc1cccc2nsnc12. The summed E-state index contributed by atoms with van der Waals surface area (Å²) in [5, 5.41) is 12.5. The fourth-order valence-electron chi connectivity index (χ4n) is 3.76. The molecule has 2 aromatic heterocycles. The van der Waals surface area contributed by atoms with Crippen molar-refractivity contribution in [3.63, 3.8) is 0 Å². The average molecular weight is 462 g/mol. The zero-order chi connectivity index (χ0) is 21.0. The summed E-state index contributed by atoms with van der Waals surface area (Å²) in [6.45, 7) is 4.39. The molecular weight excluding hydrogens is 438 g/mol. The van der Waals surface area contributed by atoms with Crippen molar-refractivity contribution in [3.05, 3.63) is 18.2 Å². The third-order valence-corrected chi connectivity index (χ3v) is 6.80. The molecule has 1 N–H and O–H groups in total. The van der Waals surface area contributed by atoms with E-state index < -0.39 is 0 Å². The van der Waals surface area contributed by atoms with E-state index in [1.165, 1.54) is 11.8 Å². The number of fused-ring (bicyclic) bond motifs is 1. The number of hydrogen-bond acceptors (Lipinski definition) is 10. The smallest absolute Gasteiger partial charge is 0.234 e. The molecule has 2 fully saturated rings. The number of rotatable bonds is 7. The van der Waals surface area contributed by atoms with E-state index in [0.29, 0.717) is 31.0 Å². The van der Waals surface area contributed by atoms with Gasteiger partial charge in [-0.15, -0.1) is 10.2 Å². The monoisotopic (exact) mass is 461 g/mol. The van der Waals surface area contributed by atoms with Crippen LogP contribution in [0.5, 0.6) is 0 Å². The summed E-state index contributed by atoms with van der Waals surface area (Å²) in [6, 6.07) is 5.58. The van der Waals surface area contributed by atoms with Crippen LogP contribution in [0.1, 0.15) is 12.8 Å². The zero-order valence-corrected chi connectivity index (χ0v) is 18.5. The van der Waals surface area contributed by atoms with Gasteiger partial charge in [-0.3, -0.25) is 9.36 Å². The minimum absolute atomic E-state index is 0.120. The molecule has 0 bridgehead atoms. The number of nitrogens with zero attached hydrogens (tertiary/aromatic N) is 6. The molecule has 12 heteroatoms. The topological polar surface area (TPSA) is 107 Å². The summed E-state index contributed by atoms with van der Waals surface area (Å²) in [7, 11) is 0. The van der Waals surface area contributed by atoms with Crippen LogP contribution in [0.2, 0.25) is 0 Å². The first-order valence-corrected chi connectivity index (χ1v) is 12.0. The van der Waals surface area contributed by atoms with Gasteiger partial charge in [0.15, 0.2) is 5.16 Å². The van der Waals surface area contributed by atoms with E-state index in [9.17, 15) is 4.79 Å². The lowest BCUT2D eigenvalue weighted by Crippen LogP contribution is -2.38. The van der Waals surface area contributed by atoms with Gasteiger partial charge in [-0.1, -0.05) is 17.8 Å². The summed E-state index contributed by atoms with van der Waals surface area (Å²) < 4.78 is 21.9. The van der Waals surface area contributed by atoms with Crippen LogP contribution in [0.25, 0.3) is 11.0 Å². The number of thioether (sulfide) groups is 1. The summed E-state index contributed by atoms with van der Waals surface area (Å²) in [5.74, 6) is 0.922. The lowest BCUT2D eigenvalue weighted by Gasteiger charge is -2.28. The van der Waals surface area contributed by atoms with Gasteiger partial charge in [-0.05, 0) is 25.0 Å². The summed E-state index contributed by atoms with van der Waals surface area (Å²) in [4.78, 5) is 14.8. The predicted molar refractivity (Wildman–Crippen MR) is 119 cm³/mol. The molecule has 0 saturated carbocycles. The van der Waals surface area contributed by atoms with Crippen LogP contribution in [-0.2, 0) is 20.8 Å². The van der Waals surface area contributed by atoms with E-state index in [0.717, 1.165) is 60.9 Å². The number of anilines is 2. The quantitative estimate of drug-likeness (QED) is 0.529. The number of hydrogen-bond donors (Lipinski definition) is 1. The first-order valence-electron chi connectivity index (χ1n) is 10.3. The Kier molecular flexibility index (Phi) is 6.30. The Morgan fingerprint density at radius 2 is 2.13 bits per heavy atom. The lowest BCUT2D eigenvalue weighted by atomic mass is 10.2. The Balaban J connectivity index is 1.29. The summed E-state index contributed by atoms with van der Waals surface area (Å²) >= 11 is 2.51. The second kappa shape index (κ2) is 9.47. The van der Waals surface area contributed by atoms with Crippen molar-refractivity contribution < 1.29 is 14.3 Å². The third kappa shape index (κ3) is 4.66. The second-order valence-electron chi connectivity index (χ2n) is 7.40. The highest BCUT2D eigenvalue weighted by atomic mass is 32.2. The van der Waals surface area contributed by atoms with Gasteiger partial charge in [-0.2, -0.15) is 8.75 Å². The molecular formula is C19H23N7O3S2. The van der Waals surface area contributed by atoms with Crippen molar-refractivity contribution in [2.24, 2.45) is 0 Å². The van der Waals surface area contributed by atoms with Crippen LogP contribution in [0.4, 0.5) is 11.6 Å². The Bertz CT molecular complexity index is 1040. The molecule has 1 amide bonds. The van der Waals surface area contributed by atoms with Crippen LogP contribution in [0, 0.1) is 0 Å². The molecule has 1 atom stereocenters. The zero-order valence-electron chi connectivity index (χ0n) is 16.9. The van der Waals surface area contributed by atoms with Gasteiger partial charge in [0.1, 0.15) is 11.0 Å². The van der Waals surface area contributed by atoms with Crippen molar-refractivity contribution in [1.82, 2.24) is 23.5 Å². The third-order valence-electron chi connectivity index (χ3n) is 5.29. The molecule has 5 rings (SSSR count). The number of ether oxygens (including phenoxy) is 2. The Labute approximate surface area is 187 Å². The van der Waals surface area contributed by atoms with Crippen molar-refractivity contribution in [1.29, 1.82) is 0 Å². The molecule has 2 saturated heterocycles.